The van der Waals surface area contributed by atoms with Gasteiger partial charge in [0.25, 0.3) is 0 Å². The first-order valence-electron chi connectivity index (χ1n) is 6.70. The zero-order chi connectivity index (χ0) is 12.5. The summed E-state index contributed by atoms with van der Waals surface area (Å²) >= 11 is 0. The molecule has 0 bridgehead atoms. The molecule has 2 saturated carbocycles. The molecular weight excluding hydrogens is 216 g/mol. The van der Waals surface area contributed by atoms with E-state index in [0.717, 1.165) is 51.4 Å². The SMILES string of the molecule is NC(=O)C(C(N)=O)(C1CCCC1)C1CCCC1. The second kappa shape index (κ2) is 4.67. The molecule has 0 aromatic heterocycles. The van der Waals surface area contributed by atoms with Gasteiger partial charge in [0.15, 0.2) is 0 Å². The maximum absolute atomic E-state index is 12.0. The molecule has 0 atom stereocenters. The Kier molecular flexibility index (Phi) is 3.40. The maximum Gasteiger partial charge on any atom is 0.233 e. The molecule has 0 aromatic rings. The molecule has 4 nitrogen and oxygen atoms in total. The van der Waals surface area contributed by atoms with Crippen molar-refractivity contribution in [2.75, 3.05) is 0 Å². The summed E-state index contributed by atoms with van der Waals surface area (Å²) < 4.78 is 0. The van der Waals surface area contributed by atoms with Crippen LogP contribution < -0.4 is 11.5 Å². The molecule has 4 heteroatoms. The summed E-state index contributed by atoms with van der Waals surface area (Å²) in [4.78, 5) is 23.9. The molecule has 0 unspecified atom stereocenters. The van der Waals surface area contributed by atoms with Gasteiger partial charge in [0.2, 0.25) is 11.8 Å². The van der Waals surface area contributed by atoms with Crippen LogP contribution in [0.25, 0.3) is 0 Å². The van der Waals surface area contributed by atoms with E-state index < -0.39 is 17.2 Å². The molecule has 2 rings (SSSR count). The zero-order valence-electron chi connectivity index (χ0n) is 10.3. The van der Waals surface area contributed by atoms with Crippen LogP contribution in [0.3, 0.4) is 0 Å². The average Bonchev–Trinajstić information content (AvgIpc) is 2.88. The third-order valence-electron chi connectivity index (χ3n) is 4.81. The van der Waals surface area contributed by atoms with E-state index in [-0.39, 0.29) is 11.8 Å². The number of hydrogen-bond donors (Lipinski definition) is 2. The van der Waals surface area contributed by atoms with Crippen LogP contribution in [0.2, 0.25) is 0 Å². The van der Waals surface area contributed by atoms with Crippen LogP contribution in [0, 0.1) is 17.3 Å². The Morgan fingerprint density at radius 3 is 1.29 bits per heavy atom. The lowest BCUT2D eigenvalue weighted by molar-refractivity contribution is -0.148. The highest BCUT2D eigenvalue weighted by atomic mass is 16.2. The monoisotopic (exact) mass is 238 g/mol. The molecule has 2 amide bonds. The highest BCUT2D eigenvalue weighted by molar-refractivity contribution is 6.04. The zero-order valence-corrected chi connectivity index (χ0v) is 10.3. The molecule has 4 N–H and O–H groups in total. The highest BCUT2D eigenvalue weighted by Gasteiger charge is 2.55. The quantitative estimate of drug-likeness (QED) is 0.724. The Morgan fingerprint density at radius 1 is 0.765 bits per heavy atom. The first kappa shape index (κ1) is 12.4. The van der Waals surface area contributed by atoms with Crippen LogP contribution in [0.4, 0.5) is 0 Å². The number of hydrogen-bond acceptors (Lipinski definition) is 2. The van der Waals surface area contributed by atoms with Gasteiger partial charge in [0.05, 0.1) is 0 Å². The van der Waals surface area contributed by atoms with Crippen molar-refractivity contribution in [1.82, 2.24) is 0 Å². The fourth-order valence-corrected chi connectivity index (χ4v) is 4.02. The molecule has 2 aliphatic carbocycles. The molecule has 96 valence electrons. The van der Waals surface area contributed by atoms with Gasteiger partial charge < -0.3 is 11.5 Å². The van der Waals surface area contributed by atoms with Gasteiger partial charge in [-0.15, -0.1) is 0 Å². The Balaban J connectivity index is 2.37. The van der Waals surface area contributed by atoms with Crippen LogP contribution >= 0.6 is 0 Å². The van der Waals surface area contributed by atoms with E-state index in [4.69, 9.17) is 11.5 Å². The fourth-order valence-electron chi connectivity index (χ4n) is 4.02. The minimum Gasteiger partial charge on any atom is -0.369 e. The third kappa shape index (κ3) is 1.83. The lowest BCUT2D eigenvalue weighted by atomic mass is 9.63. The lowest BCUT2D eigenvalue weighted by Gasteiger charge is -2.38. The Morgan fingerprint density at radius 2 is 1.06 bits per heavy atom. The van der Waals surface area contributed by atoms with Crippen molar-refractivity contribution in [1.29, 1.82) is 0 Å². The molecule has 0 radical (unpaired) electrons. The molecule has 2 aliphatic rings. The van der Waals surface area contributed by atoms with Gasteiger partial charge in [-0.05, 0) is 37.5 Å². The van der Waals surface area contributed by atoms with E-state index >= 15 is 0 Å². The van der Waals surface area contributed by atoms with Gasteiger partial charge in [0, 0.05) is 0 Å². The molecule has 0 aromatic carbocycles. The second-order valence-electron chi connectivity index (χ2n) is 5.56. The van der Waals surface area contributed by atoms with Crippen LogP contribution in [0.1, 0.15) is 51.4 Å². The first-order chi connectivity index (χ1) is 8.10. The number of carbonyl (C=O) groups excluding carboxylic acids is 2. The summed E-state index contributed by atoms with van der Waals surface area (Å²) in [6.45, 7) is 0. The van der Waals surface area contributed by atoms with E-state index in [1.54, 1.807) is 0 Å². The predicted molar refractivity (Wildman–Crippen MR) is 64.7 cm³/mol. The largest absolute Gasteiger partial charge is 0.369 e. The van der Waals surface area contributed by atoms with Crippen molar-refractivity contribution in [2.45, 2.75) is 51.4 Å². The van der Waals surface area contributed by atoms with Crippen molar-refractivity contribution in [3.05, 3.63) is 0 Å². The van der Waals surface area contributed by atoms with Gasteiger partial charge in [-0.2, -0.15) is 0 Å². The molecular formula is C13H22N2O2. The molecule has 0 spiro atoms. The topological polar surface area (TPSA) is 86.2 Å². The summed E-state index contributed by atoms with van der Waals surface area (Å²) in [5, 5.41) is 0. The standard InChI is InChI=1S/C13H22N2O2/c14-11(16)13(12(15)17,9-5-1-2-6-9)10-7-3-4-8-10/h9-10H,1-8H2,(H2,14,16)(H2,15,17). The summed E-state index contributed by atoms with van der Waals surface area (Å²) in [5.74, 6) is -0.797. The van der Waals surface area contributed by atoms with Crippen LogP contribution in [0.15, 0.2) is 0 Å². The summed E-state index contributed by atoms with van der Waals surface area (Å²) in [5.41, 5.74) is 10.1. The van der Waals surface area contributed by atoms with Crippen LogP contribution in [-0.4, -0.2) is 11.8 Å². The van der Waals surface area contributed by atoms with E-state index in [1.807, 2.05) is 0 Å². The van der Waals surface area contributed by atoms with Gasteiger partial charge in [-0.3, -0.25) is 9.59 Å². The summed E-state index contributed by atoms with van der Waals surface area (Å²) in [7, 11) is 0. The Labute approximate surface area is 102 Å². The van der Waals surface area contributed by atoms with Crippen molar-refractivity contribution < 1.29 is 9.59 Å². The third-order valence-corrected chi connectivity index (χ3v) is 4.81. The summed E-state index contributed by atoms with van der Waals surface area (Å²) in [6.07, 6.45) is 8.01. The predicted octanol–water partition coefficient (Wildman–Crippen LogP) is 1.32. The normalized spacial score (nSPS) is 23.1. The van der Waals surface area contributed by atoms with Crippen molar-refractivity contribution >= 4 is 11.8 Å². The van der Waals surface area contributed by atoms with Gasteiger partial charge in [0.1, 0.15) is 5.41 Å². The van der Waals surface area contributed by atoms with E-state index in [1.165, 1.54) is 0 Å². The summed E-state index contributed by atoms with van der Waals surface area (Å²) in [6, 6.07) is 0. The van der Waals surface area contributed by atoms with Crippen molar-refractivity contribution in [3.8, 4) is 0 Å². The smallest absolute Gasteiger partial charge is 0.233 e. The molecule has 17 heavy (non-hydrogen) atoms. The van der Waals surface area contributed by atoms with E-state index in [2.05, 4.69) is 0 Å². The van der Waals surface area contributed by atoms with E-state index in [0.29, 0.717) is 0 Å². The second-order valence-corrected chi connectivity index (χ2v) is 5.56. The molecule has 2 fully saturated rings. The van der Waals surface area contributed by atoms with Crippen molar-refractivity contribution in [3.63, 3.8) is 0 Å². The van der Waals surface area contributed by atoms with Gasteiger partial charge in [-0.1, -0.05) is 25.7 Å². The van der Waals surface area contributed by atoms with Crippen LogP contribution in [0.5, 0.6) is 0 Å². The highest BCUT2D eigenvalue weighted by Crippen LogP contribution is 2.50. The van der Waals surface area contributed by atoms with Gasteiger partial charge in [-0.25, -0.2) is 0 Å². The molecule has 0 heterocycles. The number of nitrogens with two attached hydrogens (primary N) is 2. The number of primary amides is 2. The minimum atomic E-state index is -1.06. The fraction of sp³-hybridized carbons (Fsp3) is 0.846. The number of amides is 2. The number of rotatable bonds is 4. The molecule has 0 saturated heterocycles. The average molecular weight is 238 g/mol. The molecule has 0 aliphatic heterocycles. The van der Waals surface area contributed by atoms with Crippen LogP contribution in [-0.2, 0) is 9.59 Å². The van der Waals surface area contributed by atoms with E-state index in [9.17, 15) is 9.59 Å². The number of carbonyl (C=O) groups is 2. The van der Waals surface area contributed by atoms with Crippen molar-refractivity contribution in [2.24, 2.45) is 28.7 Å². The maximum atomic E-state index is 12.0. The Bertz CT molecular complexity index is 283. The Hall–Kier alpha value is -1.06. The van der Waals surface area contributed by atoms with Gasteiger partial charge >= 0.3 is 0 Å². The first-order valence-corrected chi connectivity index (χ1v) is 6.70. The minimum absolute atomic E-state index is 0.0839. The lowest BCUT2D eigenvalue weighted by Crippen LogP contribution is -2.56.